The van der Waals surface area contributed by atoms with Gasteiger partial charge in [0.1, 0.15) is 0 Å². The summed E-state index contributed by atoms with van der Waals surface area (Å²) in [6.45, 7) is 0.748. The van der Waals surface area contributed by atoms with Gasteiger partial charge in [-0.1, -0.05) is 12.8 Å². The summed E-state index contributed by atoms with van der Waals surface area (Å²) in [5.41, 5.74) is 0.239. The van der Waals surface area contributed by atoms with E-state index in [1.165, 1.54) is 0 Å². The third kappa shape index (κ3) is 4.65. The lowest BCUT2D eigenvalue weighted by Gasteiger charge is -2.07. The Kier molecular flexibility index (Phi) is 5.83. The van der Waals surface area contributed by atoms with Crippen molar-refractivity contribution >= 4 is 5.69 Å². The van der Waals surface area contributed by atoms with Crippen LogP contribution in [0.2, 0.25) is 0 Å². The molecule has 0 aromatic heterocycles. The Labute approximate surface area is 98.5 Å². The van der Waals surface area contributed by atoms with Gasteiger partial charge < -0.3 is 10.4 Å². The van der Waals surface area contributed by atoms with E-state index in [9.17, 15) is 13.2 Å². The van der Waals surface area contributed by atoms with Crippen LogP contribution in [0.15, 0.2) is 12.1 Å². The van der Waals surface area contributed by atoms with Crippen LogP contribution in [0.25, 0.3) is 0 Å². The standard InChI is InChI=1S/C12H16F3NO/c13-10-7-9(8-11(14)12(10)15)16-5-3-1-2-4-6-17/h7-8,16-17H,1-6H2. The van der Waals surface area contributed by atoms with Gasteiger partial charge in [0, 0.05) is 31.0 Å². The Bertz CT molecular complexity index is 335. The summed E-state index contributed by atoms with van der Waals surface area (Å²) in [5.74, 6) is -3.82. The molecule has 0 aliphatic rings. The molecule has 1 aromatic rings. The van der Waals surface area contributed by atoms with Crippen molar-refractivity contribution in [1.29, 1.82) is 0 Å². The molecule has 0 saturated carbocycles. The quantitative estimate of drug-likeness (QED) is 0.573. The molecule has 0 saturated heterocycles. The van der Waals surface area contributed by atoms with Crippen molar-refractivity contribution in [2.45, 2.75) is 25.7 Å². The number of anilines is 1. The molecule has 0 fully saturated rings. The summed E-state index contributed by atoms with van der Waals surface area (Å²) in [5, 5.41) is 11.4. The van der Waals surface area contributed by atoms with E-state index in [1.807, 2.05) is 0 Å². The van der Waals surface area contributed by atoms with Gasteiger partial charge in [0.15, 0.2) is 17.5 Å². The molecular formula is C12H16F3NO. The lowest BCUT2D eigenvalue weighted by Crippen LogP contribution is -2.03. The van der Waals surface area contributed by atoms with E-state index in [4.69, 9.17) is 5.11 Å². The second-order valence-corrected chi connectivity index (χ2v) is 3.82. The van der Waals surface area contributed by atoms with Crippen molar-refractivity contribution in [1.82, 2.24) is 0 Å². The number of aliphatic hydroxyl groups excluding tert-OH is 1. The lowest BCUT2D eigenvalue weighted by molar-refractivity contribution is 0.283. The van der Waals surface area contributed by atoms with E-state index in [2.05, 4.69) is 5.32 Å². The fraction of sp³-hybridized carbons (Fsp3) is 0.500. The molecule has 96 valence electrons. The molecule has 1 aromatic carbocycles. The second-order valence-electron chi connectivity index (χ2n) is 3.82. The molecule has 0 aliphatic heterocycles. The summed E-state index contributed by atoms with van der Waals surface area (Å²) in [7, 11) is 0. The van der Waals surface area contributed by atoms with Crippen LogP contribution >= 0.6 is 0 Å². The fourth-order valence-electron chi connectivity index (χ4n) is 1.48. The summed E-state index contributed by atoms with van der Waals surface area (Å²) < 4.78 is 38.3. The number of halogens is 3. The number of rotatable bonds is 7. The van der Waals surface area contributed by atoms with Crippen molar-refractivity contribution in [3.63, 3.8) is 0 Å². The molecule has 0 atom stereocenters. The van der Waals surface area contributed by atoms with Gasteiger partial charge in [-0.25, -0.2) is 13.2 Å². The third-order valence-electron chi connectivity index (χ3n) is 2.40. The summed E-state index contributed by atoms with van der Waals surface area (Å²) >= 11 is 0. The minimum Gasteiger partial charge on any atom is -0.396 e. The Morgan fingerprint density at radius 1 is 0.941 bits per heavy atom. The topological polar surface area (TPSA) is 32.3 Å². The van der Waals surface area contributed by atoms with Crippen LogP contribution in [0, 0.1) is 17.5 Å². The normalized spacial score (nSPS) is 10.6. The van der Waals surface area contributed by atoms with Gasteiger partial charge in [-0.15, -0.1) is 0 Å². The first-order chi connectivity index (χ1) is 8.15. The first-order valence-corrected chi connectivity index (χ1v) is 5.64. The van der Waals surface area contributed by atoms with Gasteiger partial charge in [0.25, 0.3) is 0 Å². The summed E-state index contributed by atoms with van der Waals surface area (Å²) in [4.78, 5) is 0. The highest BCUT2D eigenvalue weighted by Gasteiger charge is 2.09. The van der Waals surface area contributed by atoms with Gasteiger partial charge in [-0.3, -0.25) is 0 Å². The minimum absolute atomic E-state index is 0.182. The average molecular weight is 247 g/mol. The van der Waals surface area contributed by atoms with E-state index in [0.29, 0.717) is 6.54 Å². The van der Waals surface area contributed by atoms with Gasteiger partial charge >= 0.3 is 0 Å². The maximum absolute atomic E-state index is 12.8. The molecule has 2 nitrogen and oxygen atoms in total. The highest BCUT2D eigenvalue weighted by atomic mass is 19.2. The molecule has 17 heavy (non-hydrogen) atoms. The lowest BCUT2D eigenvalue weighted by atomic mass is 10.2. The van der Waals surface area contributed by atoms with E-state index in [-0.39, 0.29) is 12.3 Å². The van der Waals surface area contributed by atoms with Crippen molar-refractivity contribution in [2.75, 3.05) is 18.5 Å². The van der Waals surface area contributed by atoms with Crippen LogP contribution in [-0.2, 0) is 0 Å². The van der Waals surface area contributed by atoms with Crippen LogP contribution in [-0.4, -0.2) is 18.3 Å². The molecule has 1 rings (SSSR count). The van der Waals surface area contributed by atoms with E-state index >= 15 is 0 Å². The van der Waals surface area contributed by atoms with Gasteiger partial charge in [-0.2, -0.15) is 0 Å². The Hall–Kier alpha value is -1.23. The molecule has 0 amide bonds. The molecule has 0 bridgehead atoms. The molecule has 2 N–H and O–H groups in total. The minimum atomic E-state index is -1.45. The maximum Gasteiger partial charge on any atom is 0.194 e. The van der Waals surface area contributed by atoms with Crippen molar-refractivity contribution in [3.05, 3.63) is 29.6 Å². The molecule has 0 radical (unpaired) electrons. The van der Waals surface area contributed by atoms with Crippen molar-refractivity contribution in [3.8, 4) is 0 Å². The van der Waals surface area contributed by atoms with E-state index in [1.54, 1.807) is 0 Å². The molecule has 0 spiro atoms. The number of hydrogen-bond acceptors (Lipinski definition) is 2. The zero-order chi connectivity index (χ0) is 12.7. The van der Waals surface area contributed by atoms with E-state index in [0.717, 1.165) is 37.8 Å². The Balaban J connectivity index is 2.32. The Morgan fingerprint density at radius 3 is 2.12 bits per heavy atom. The third-order valence-corrected chi connectivity index (χ3v) is 2.40. The number of hydrogen-bond donors (Lipinski definition) is 2. The average Bonchev–Trinajstić information content (AvgIpc) is 2.30. The zero-order valence-electron chi connectivity index (χ0n) is 9.48. The smallest absolute Gasteiger partial charge is 0.194 e. The van der Waals surface area contributed by atoms with Gasteiger partial charge in [-0.05, 0) is 12.8 Å². The van der Waals surface area contributed by atoms with Crippen LogP contribution in [0.4, 0.5) is 18.9 Å². The molecular weight excluding hydrogens is 231 g/mol. The van der Waals surface area contributed by atoms with Crippen LogP contribution in [0.5, 0.6) is 0 Å². The van der Waals surface area contributed by atoms with Gasteiger partial charge in [0.2, 0.25) is 0 Å². The van der Waals surface area contributed by atoms with E-state index < -0.39 is 17.5 Å². The largest absolute Gasteiger partial charge is 0.396 e. The predicted molar refractivity (Wildman–Crippen MR) is 60.4 cm³/mol. The second kappa shape index (κ2) is 7.17. The van der Waals surface area contributed by atoms with Crippen LogP contribution < -0.4 is 5.32 Å². The summed E-state index contributed by atoms with van der Waals surface area (Å²) in [6.07, 6.45) is 3.45. The zero-order valence-corrected chi connectivity index (χ0v) is 9.48. The molecule has 0 aliphatic carbocycles. The monoisotopic (exact) mass is 247 g/mol. The maximum atomic E-state index is 12.8. The molecule has 0 unspecified atom stereocenters. The fourth-order valence-corrected chi connectivity index (χ4v) is 1.48. The number of benzene rings is 1. The first-order valence-electron chi connectivity index (χ1n) is 5.64. The highest BCUT2D eigenvalue weighted by molar-refractivity contribution is 5.43. The SMILES string of the molecule is OCCCCCCNc1cc(F)c(F)c(F)c1. The number of unbranched alkanes of at least 4 members (excludes halogenated alkanes) is 3. The molecule has 5 heteroatoms. The van der Waals surface area contributed by atoms with Gasteiger partial charge in [0.05, 0.1) is 0 Å². The number of aliphatic hydroxyl groups is 1. The predicted octanol–water partition coefficient (Wildman–Crippen LogP) is 3.07. The summed E-state index contributed by atoms with van der Waals surface area (Å²) in [6, 6.07) is 1.87. The Morgan fingerprint density at radius 2 is 1.53 bits per heavy atom. The van der Waals surface area contributed by atoms with Crippen LogP contribution in [0.1, 0.15) is 25.7 Å². The van der Waals surface area contributed by atoms with Crippen molar-refractivity contribution < 1.29 is 18.3 Å². The highest BCUT2D eigenvalue weighted by Crippen LogP contribution is 2.17. The first kappa shape index (κ1) is 13.8. The van der Waals surface area contributed by atoms with Crippen molar-refractivity contribution in [2.24, 2.45) is 0 Å². The number of nitrogens with one attached hydrogen (secondary N) is 1. The molecule has 0 heterocycles. The van der Waals surface area contributed by atoms with Crippen LogP contribution in [0.3, 0.4) is 0 Å².